The summed E-state index contributed by atoms with van der Waals surface area (Å²) in [7, 11) is 2.21. The highest BCUT2D eigenvalue weighted by Gasteiger charge is 2.22. The predicted molar refractivity (Wildman–Crippen MR) is 89.5 cm³/mol. The van der Waals surface area contributed by atoms with Gasteiger partial charge in [0.1, 0.15) is 0 Å². The lowest BCUT2D eigenvalue weighted by Crippen LogP contribution is -2.42. The molecule has 1 unspecified atom stereocenters. The van der Waals surface area contributed by atoms with E-state index in [-0.39, 0.29) is 5.54 Å². The molecule has 0 amide bonds. The van der Waals surface area contributed by atoms with Crippen LogP contribution in [-0.4, -0.2) is 30.6 Å². The molecule has 1 N–H and O–H groups in total. The Labute approximate surface area is 129 Å². The van der Waals surface area contributed by atoms with Crippen molar-refractivity contribution in [1.82, 2.24) is 10.2 Å². The highest BCUT2D eigenvalue weighted by molar-refractivity contribution is 6.30. The van der Waals surface area contributed by atoms with Crippen LogP contribution >= 0.6 is 11.6 Å². The van der Waals surface area contributed by atoms with Crippen molar-refractivity contribution in [3.8, 4) is 0 Å². The van der Waals surface area contributed by atoms with Gasteiger partial charge in [0.2, 0.25) is 0 Å². The molecule has 1 aromatic carbocycles. The highest BCUT2D eigenvalue weighted by atomic mass is 35.5. The maximum absolute atomic E-state index is 6.11. The maximum Gasteiger partial charge on any atom is 0.0409 e. The fraction of sp³-hybridized carbons (Fsp3) is 0.647. The van der Waals surface area contributed by atoms with Crippen molar-refractivity contribution in [3.63, 3.8) is 0 Å². The van der Waals surface area contributed by atoms with Crippen molar-refractivity contribution in [2.75, 3.05) is 20.1 Å². The zero-order valence-electron chi connectivity index (χ0n) is 13.5. The van der Waals surface area contributed by atoms with E-state index >= 15 is 0 Å². The Kier molecular flexibility index (Phi) is 7.01. The first-order valence-electron chi connectivity index (χ1n) is 7.60. The molecule has 114 valence electrons. The molecule has 0 aliphatic heterocycles. The second-order valence-corrected chi connectivity index (χ2v) is 6.48. The molecule has 0 radical (unpaired) electrons. The van der Waals surface area contributed by atoms with Crippen molar-refractivity contribution in [3.05, 3.63) is 34.9 Å². The summed E-state index contributed by atoms with van der Waals surface area (Å²) in [5.74, 6) is 0. The third-order valence-electron chi connectivity index (χ3n) is 4.35. The minimum atomic E-state index is 0.255. The summed E-state index contributed by atoms with van der Waals surface area (Å²) in [4.78, 5) is 2.45. The van der Waals surface area contributed by atoms with Gasteiger partial charge in [0.15, 0.2) is 0 Å². The first-order valence-corrected chi connectivity index (χ1v) is 7.98. The van der Waals surface area contributed by atoms with Crippen LogP contribution in [0.5, 0.6) is 0 Å². The Hall–Kier alpha value is -0.570. The molecule has 1 atom stereocenters. The quantitative estimate of drug-likeness (QED) is 0.760. The molecule has 3 heteroatoms. The number of hydrogen-bond acceptors (Lipinski definition) is 2. The van der Waals surface area contributed by atoms with E-state index in [0.29, 0.717) is 6.04 Å². The molecule has 0 spiro atoms. The molecule has 0 bridgehead atoms. The Balaban J connectivity index is 2.69. The molecule has 0 aliphatic carbocycles. The van der Waals surface area contributed by atoms with Gasteiger partial charge in [-0.25, -0.2) is 0 Å². The summed E-state index contributed by atoms with van der Waals surface area (Å²) in [6.07, 6.45) is 2.25. The number of nitrogens with one attached hydrogen (secondary N) is 1. The number of hydrogen-bond donors (Lipinski definition) is 1. The number of rotatable bonds is 8. The second-order valence-electron chi connectivity index (χ2n) is 6.04. The van der Waals surface area contributed by atoms with Crippen molar-refractivity contribution >= 4 is 11.6 Å². The molecule has 1 rings (SSSR count). The fourth-order valence-electron chi connectivity index (χ4n) is 2.25. The molecule has 0 aliphatic rings. The average Bonchev–Trinajstić information content (AvgIpc) is 2.43. The minimum Gasteiger partial charge on any atom is -0.310 e. The molecule has 0 saturated carbocycles. The van der Waals surface area contributed by atoms with Crippen LogP contribution in [0.3, 0.4) is 0 Å². The third kappa shape index (κ3) is 5.08. The van der Waals surface area contributed by atoms with Crippen LogP contribution in [0.2, 0.25) is 5.02 Å². The molecular weight excluding hydrogens is 268 g/mol. The largest absolute Gasteiger partial charge is 0.310 e. The van der Waals surface area contributed by atoms with E-state index in [1.807, 2.05) is 12.1 Å². The zero-order chi connectivity index (χ0) is 15.2. The van der Waals surface area contributed by atoms with Crippen LogP contribution in [0, 0.1) is 0 Å². The van der Waals surface area contributed by atoms with Crippen LogP contribution in [-0.2, 0) is 0 Å². The SMILES string of the molecule is CCNC(CCN(C)C(C)(C)CC)c1cccc(Cl)c1. The summed E-state index contributed by atoms with van der Waals surface area (Å²) < 4.78 is 0. The van der Waals surface area contributed by atoms with Crippen molar-refractivity contribution in [2.45, 2.75) is 52.1 Å². The van der Waals surface area contributed by atoms with Gasteiger partial charge in [0.05, 0.1) is 0 Å². The van der Waals surface area contributed by atoms with Gasteiger partial charge in [-0.05, 0) is 58.0 Å². The number of benzene rings is 1. The van der Waals surface area contributed by atoms with E-state index in [9.17, 15) is 0 Å². The Morgan fingerprint density at radius 2 is 2.00 bits per heavy atom. The molecule has 0 saturated heterocycles. The van der Waals surface area contributed by atoms with E-state index in [4.69, 9.17) is 11.6 Å². The van der Waals surface area contributed by atoms with Gasteiger partial charge >= 0.3 is 0 Å². The summed E-state index contributed by atoms with van der Waals surface area (Å²) in [5.41, 5.74) is 1.53. The van der Waals surface area contributed by atoms with Gasteiger partial charge in [0, 0.05) is 23.1 Å². The Morgan fingerprint density at radius 3 is 2.55 bits per heavy atom. The molecular formula is C17H29ClN2. The zero-order valence-corrected chi connectivity index (χ0v) is 14.3. The molecule has 2 nitrogen and oxygen atoms in total. The third-order valence-corrected chi connectivity index (χ3v) is 4.59. The van der Waals surface area contributed by atoms with Crippen LogP contribution in [0.4, 0.5) is 0 Å². The van der Waals surface area contributed by atoms with E-state index in [1.165, 1.54) is 5.56 Å². The lowest BCUT2D eigenvalue weighted by atomic mass is 9.98. The monoisotopic (exact) mass is 296 g/mol. The van der Waals surface area contributed by atoms with Crippen molar-refractivity contribution < 1.29 is 0 Å². The first-order chi connectivity index (χ1) is 9.40. The molecule has 0 aromatic heterocycles. The normalized spacial score (nSPS) is 13.8. The number of halogens is 1. The van der Waals surface area contributed by atoms with E-state index < -0.39 is 0 Å². The molecule has 0 heterocycles. The predicted octanol–water partition coefficient (Wildman–Crippen LogP) is 4.50. The summed E-state index contributed by atoms with van der Waals surface area (Å²) >= 11 is 6.11. The lowest BCUT2D eigenvalue weighted by molar-refractivity contribution is 0.144. The first kappa shape index (κ1) is 17.5. The highest BCUT2D eigenvalue weighted by Crippen LogP contribution is 2.23. The summed E-state index contributed by atoms with van der Waals surface area (Å²) in [6.45, 7) is 11.0. The summed E-state index contributed by atoms with van der Waals surface area (Å²) in [5, 5.41) is 4.38. The van der Waals surface area contributed by atoms with Crippen LogP contribution in [0.1, 0.15) is 52.1 Å². The van der Waals surface area contributed by atoms with Crippen molar-refractivity contribution in [1.29, 1.82) is 0 Å². The van der Waals surface area contributed by atoms with Crippen LogP contribution in [0.25, 0.3) is 0 Å². The van der Waals surface area contributed by atoms with Gasteiger partial charge < -0.3 is 10.2 Å². The second kappa shape index (κ2) is 8.02. The van der Waals surface area contributed by atoms with Gasteiger partial charge in [-0.1, -0.05) is 37.6 Å². The molecule has 20 heavy (non-hydrogen) atoms. The Morgan fingerprint density at radius 1 is 1.30 bits per heavy atom. The fourth-order valence-corrected chi connectivity index (χ4v) is 2.45. The van der Waals surface area contributed by atoms with Gasteiger partial charge in [-0.15, -0.1) is 0 Å². The van der Waals surface area contributed by atoms with Gasteiger partial charge in [-0.2, -0.15) is 0 Å². The molecule has 1 aromatic rings. The topological polar surface area (TPSA) is 15.3 Å². The van der Waals surface area contributed by atoms with Crippen LogP contribution in [0.15, 0.2) is 24.3 Å². The van der Waals surface area contributed by atoms with Gasteiger partial charge in [-0.3, -0.25) is 0 Å². The molecule has 0 fully saturated rings. The lowest BCUT2D eigenvalue weighted by Gasteiger charge is -2.36. The Bertz CT molecular complexity index is 404. The van der Waals surface area contributed by atoms with E-state index in [2.05, 4.69) is 57.1 Å². The number of nitrogens with zero attached hydrogens (tertiary/aromatic N) is 1. The smallest absolute Gasteiger partial charge is 0.0409 e. The standard InChI is InChI=1S/C17H29ClN2/c1-6-17(3,4)20(5)12-11-16(19-7-2)14-9-8-10-15(18)13-14/h8-10,13,16,19H,6-7,11-12H2,1-5H3. The van der Waals surface area contributed by atoms with Crippen LogP contribution < -0.4 is 5.32 Å². The maximum atomic E-state index is 6.11. The van der Waals surface area contributed by atoms with E-state index in [0.717, 1.165) is 31.0 Å². The summed E-state index contributed by atoms with van der Waals surface area (Å²) in [6, 6.07) is 8.56. The average molecular weight is 297 g/mol. The van der Waals surface area contributed by atoms with E-state index in [1.54, 1.807) is 0 Å². The minimum absolute atomic E-state index is 0.255. The van der Waals surface area contributed by atoms with Crippen molar-refractivity contribution in [2.24, 2.45) is 0 Å². The van der Waals surface area contributed by atoms with Gasteiger partial charge in [0.25, 0.3) is 0 Å².